The van der Waals surface area contributed by atoms with Gasteiger partial charge in [-0.1, -0.05) is 30.3 Å². The molecule has 1 fully saturated rings. The molecule has 0 spiro atoms. The number of benzene rings is 1. The fourth-order valence-corrected chi connectivity index (χ4v) is 3.24. The minimum Gasteiger partial charge on any atom is -0.480 e. The Morgan fingerprint density at radius 1 is 1.11 bits per heavy atom. The van der Waals surface area contributed by atoms with Gasteiger partial charge in [0.1, 0.15) is 11.8 Å². The summed E-state index contributed by atoms with van der Waals surface area (Å²) in [4.78, 5) is 14.7. The van der Waals surface area contributed by atoms with E-state index in [0.29, 0.717) is 30.5 Å². The Bertz CT molecular complexity index is 956. The molecule has 1 unspecified atom stereocenters. The Labute approximate surface area is 162 Å². The van der Waals surface area contributed by atoms with E-state index in [1.54, 1.807) is 28.8 Å². The molecule has 144 valence electrons. The van der Waals surface area contributed by atoms with Gasteiger partial charge in [0.25, 0.3) is 5.91 Å². The number of ether oxygens (including phenoxy) is 2. The van der Waals surface area contributed by atoms with Crippen LogP contribution in [0, 0.1) is 0 Å². The molecule has 1 aliphatic heterocycles. The molecule has 3 aromatic rings. The summed E-state index contributed by atoms with van der Waals surface area (Å²) in [6.07, 6.45) is 0.622. The molecule has 0 N–H and O–H groups in total. The van der Waals surface area contributed by atoms with E-state index in [1.165, 1.54) is 7.11 Å². The molecule has 0 aliphatic carbocycles. The zero-order valence-corrected chi connectivity index (χ0v) is 15.8. The molecule has 0 radical (unpaired) electrons. The normalized spacial score (nSPS) is 16.2. The Balaban J connectivity index is 1.42. The van der Waals surface area contributed by atoms with E-state index in [2.05, 4.69) is 15.3 Å². The number of likely N-dealkylation sites (tertiary alicyclic amines) is 1. The maximum absolute atomic E-state index is 13.0. The summed E-state index contributed by atoms with van der Waals surface area (Å²) >= 11 is 0. The minimum absolute atomic E-state index is 0.0518. The molecule has 2 aromatic heterocycles. The maximum Gasteiger partial charge on any atom is 0.272 e. The van der Waals surface area contributed by atoms with E-state index in [9.17, 15) is 4.79 Å². The Morgan fingerprint density at radius 2 is 1.86 bits per heavy atom. The topological polar surface area (TPSA) is 82.4 Å². The lowest BCUT2D eigenvalue weighted by molar-refractivity contribution is 0.0760. The fourth-order valence-electron chi connectivity index (χ4n) is 3.24. The van der Waals surface area contributed by atoms with E-state index >= 15 is 0 Å². The van der Waals surface area contributed by atoms with Gasteiger partial charge < -0.3 is 14.4 Å². The molecular weight excluding hydrogens is 358 g/mol. The van der Waals surface area contributed by atoms with Gasteiger partial charge in [-0.15, -0.1) is 10.2 Å². The summed E-state index contributed by atoms with van der Waals surface area (Å²) in [5, 5.41) is 12.4. The van der Waals surface area contributed by atoms with Crippen LogP contribution in [0.2, 0.25) is 0 Å². The van der Waals surface area contributed by atoms with Crippen LogP contribution in [0.5, 0.6) is 11.8 Å². The summed E-state index contributed by atoms with van der Waals surface area (Å²) < 4.78 is 12.5. The zero-order valence-electron chi connectivity index (χ0n) is 15.8. The van der Waals surface area contributed by atoms with Crippen LogP contribution in [0.25, 0.3) is 11.3 Å². The van der Waals surface area contributed by atoms with Gasteiger partial charge in [0, 0.05) is 37.7 Å². The summed E-state index contributed by atoms with van der Waals surface area (Å²) in [6.45, 7) is 1.12. The first-order valence-electron chi connectivity index (χ1n) is 9.07. The molecule has 0 saturated carbocycles. The highest BCUT2D eigenvalue weighted by Crippen LogP contribution is 2.22. The van der Waals surface area contributed by atoms with Gasteiger partial charge in [-0.05, 0) is 6.07 Å². The van der Waals surface area contributed by atoms with Crippen LogP contribution >= 0.6 is 0 Å². The molecule has 28 heavy (non-hydrogen) atoms. The first-order chi connectivity index (χ1) is 13.6. The lowest BCUT2D eigenvalue weighted by Crippen LogP contribution is -2.32. The third-order valence-electron chi connectivity index (χ3n) is 4.71. The van der Waals surface area contributed by atoms with Crippen LogP contribution in [0.3, 0.4) is 0 Å². The summed E-state index contributed by atoms with van der Waals surface area (Å²) in [7, 11) is 3.32. The monoisotopic (exact) mass is 379 g/mol. The van der Waals surface area contributed by atoms with Crippen LogP contribution in [-0.4, -0.2) is 57.1 Å². The fraction of sp³-hybridized carbons (Fsp3) is 0.300. The van der Waals surface area contributed by atoms with Crippen LogP contribution in [-0.2, 0) is 7.05 Å². The van der Waals surface area contributed by atoms with Crippen molar-refractivity contribution >= 4 is 5.91 Å². The molecule has 3 heterocycles. The molecule has 4 rings (SSSR count). The quantitative estimate of drug-likeness (QED) is 0.676. The number of aryl methyl sites for hydroxylation is 1. The highest BCUT2D eigenvalue weighted by atomic mass is 16.5. The smallest absolute Gasteiger partial charge is 0.272 e. The van der Waals surface area contributed by atoms with Crippen LogP contribution < -0.4 is 9.47 Å². The summed E-state index contributed by atoms with van der Waals surface area (Å²) in [6, 6.07) is 15.1. The SMILES string of the molecule is COc1ccc(OC2CCN(C(=O)c3cc(-c4ccccc4)nn3C)C2)nn1. The summed E-state index contributed by atoms with van der Waals surface area (Å²) in [5.74, 6) is 0.803. The first kappa shape index (κ1) is 18.0. The molecular formula is C20H21N5O3. The average Bonchev–Trinajstić information content (AvgIpc) is 3.35. The van der Waals surface area contributed by atoms with Crippen molar-refractivity contribution in [2.24, 2.45) is 7.05 Å². The molecule has 8 nitrogen and oxygen atoms in total. The van der Waals surface area contributed by atoms with E-state index < -0.39 is 0 Å². The number of amides is 1. The predicted molar refractivity (Wildman–Crippen MR) is 102 cm³/mol. The van der Waals surface area contributed by atoms with Gasteiger partial charge in [-0.25, -0.2) is 0 Å². The average molecular weight is 379 g/mol. The molecule has 8 heteroatoms. The standard InChI is InChI=1S/C20H21N5O3/c1-24-17(12-16(23-24)14-6-4-3-5-7-14)20(26)25-11-10-15(13-25)28-19-9-8-18(27-2)21-22-19/h3-9,12,15H,10-11,13H2,1-2H3. The highest BCUT2D eigenvalue weighted by Gasteiger charge is 2.30. The largest absolute Gasteiger partial charge is 0.480 e. The highest BCUT2D eigenvalue weighted by molar-refractivity contribution is 5.94. The van der Waals surface area contributed by atoms with E-state index in [4.69, 9.17) is 9.47 Å². The number of hydrogen-bond acceptors (Lipinski definition) is 6. The van der Waals surface area contributed by atoms with E-state index in [-0.39, 0.29) is 12.0 Å². The minimum atomic E-state index is -0.117. The van der Waals surface area contributed by atoms with Crippen LogP contribution in [0.15, 0.2) is 48.5 Å². The van der Waals surface area contributed by atoms with Crippen molar-refractivity contribution < 1.29 is 14.3 Å². The molecule has 1 saturated heterocycles. The number of nitrogens with zero attached hydrogens (tertiary/aromatic N) is 5. The van der Waals surface area contributed by atoms with Gasteiger partial charge in [0.05, 0.1) is 19.3 Å². The third kappa shape index (κ3) is 3.66. The van der Waals surface area contributed by atoms with Gasteiger partial charge in [0.2, 0.25) is 11.8 Å². The maximum atomic E-state index is 13.0. The van der Waals surface area contributed by atoms with Crippen molar-refractivity contribution in [2.75, 3.05) is 20.2 Å². The lowest BCUT2D eigenvalue weighted by Gasteiger charge is -2.16. The number of methoxy groups -OCH3 is 1. The third-order valence-corrected chi connectivity index (χ3v) is 4.71. The van der Waals surface area contributed by atoms with E-state index in [0.717, 1.165) is 17.7 Å². The predicted octanol–water partition coefficient (Wildman–Crippen LogP) is 2.18. The Kier molecular flexibility index (Phi) is 4.92. The van der Waals surface area contributed by atoms with Crippen molar-refractivity contribution in [3.8, 4) is 23.0 Å². The zero-order chi connectivity index (χ0) is 19.5. The van der Waals surface area contributed by atoms with Crippen LogP contribution in [0.1, 0.15) is 16.9 Å². The number of aromatic nitrogens is 4. The molecule has 1 aliphatic rings. The van der Waals surface area contributed by atoms with Gasteiger partial charge >= 0.3 is 0 Å². The van der Waals surface area contributed by atoms with Gasteiger partial charge in [0.15, 0.2) is 0 Å². The van der Waals surface area contributed by atoms with Gasteiger partial charge in [-0.2, -0.15) is 5.10 Å². The van der Waals surface area contributed by atoms with Gasteiger partial charge in [-0.3, -0.25) is 9.48 Å². The second-order valence-electron chi connectivity index (χ2n) is 6.60. The molecule has 0 bridgehead atoms. The second kappa shape index (κ2) is 7.67. The molecule has 1 aromatic carbocycles. The van der Waals surface area contributed by atoms with Crippen molar-refractivity contribution in [1.82, 2.24) is 24.9 Å². The van der Waals surface area contributed by atoms with Crippen molar-refractivity contribution in [3.63, 3.8) is 0 Å². The van der Waals surface area contributed by atoms with Crippen molar-refractivity contribution in [3.05, 3.63) is 54.2 Å². The lowest BCUT2D eigenvalue weighted by atomic mass is 10.1. The van der Waals surface area contributed by atoms with Crippen molar-refractivity contribution in [1.29, 1.82) is 0 Å². The number of carbonyl (C=O) groups is 1. The first-order valence-corrected chi connectivity index (χ1v) is 9.07. The Morgan fingerprint density at radius 3 is 2.57 bits per heavy atom. The molecule has 1 atom stereocenters. The van der Waals surface area contributed by atoms with Crippen molar-refractivity contribution in [2.45, 2.75) is 12.5 Å². The molecule has 1 amide bonds. The van der Waals surface area contributed by atoms with Crippen LogP contribution in [0.4, 0.5) is 0 Å². The van der Waals surface area contributed by atoms with E-state index in [1.807, 2.05) is 36.4 Å². The summed E-state index contributed by atoms with van der Waals surface area (Å²) in [5.41, 5.74) is 2.33. The second-order valence-corrected chi connectivity index (χ2v) is 6.60. The number of rotatable bonds is 5. The Hall–Kier alpha value is -3.42. The number of hydrogen-bond donors (Lipinski definition) is 0. The number of carbonyl (C=O) groups excluding carboxylic acids is 1.